The molecule has 0 heterocycles. The standard InChI is InChI=1S/C64H109N2O7P/c1-7-10-13-16-19-22-25-27-29-30-31-32-33-34-35-36-37-39-42-45-48-51-54-57-64(68)73-62(55-52-49-46-43-40-24-21-18-15-12-9-3)61(60-72-74(69,70)71-59-58-66(4,5)6)65-63(67)56-53-50-47-44-41-38-28-26-23-20-17-14-11-8-2/h10-11,13-14,19-20,22-23,27-29,31-32,34-35,37-39,52,55,61-62H,7-9,12,15-18,21,24-26,30,33,36,40-51,53-54,56-60H2,1-6H3,(H-,65,67,69,70)/b13-10-,14-11+,22-19-,23-20+,29-27-,32-31-,35-34-,38-28+,39-37-,55-52-. The molecule has 10 heteroatoms. The van der Waals surface area contributed by atoms with Gasteiger partial charge in [-0.25, -0.2) is 0 Å². The van der Waals surface area contributed by atoms with Crippen LogP contribution in [-0.4, -0.2) is 69.4 Å². The van der Waals surface area contributed by atoms with Crippen LogP contribution in [-0.2, 0) is 27.9 Å². The molecule has 0 radical (unpaired) electrons. The van der Waals surface area contributed by atoms with Crippen LogP contribution in [0.4, 0.5) is 0 Å². The lowest BCUT2D eigenvalue weighted by Gasteiger charge is -2.30. The van der Waals surface area contributed by atoms with Crippen LogP contribution < -0.4 is 10.2 Å². The van der Waals surface area contributed by atoms with Crippen LogP contribution in [0.15, 0.2) is 122 Å². The van der Waals surface area contributed by atoms with Gasteiger partial charge in [-0.1, -0.05) is 213 Å². The van der Waals surface area contributed by atoms with Gasteiger partial charge in [0.25, 0.3) is 7.82 Å². The van der Waals surface area contributed by atoms with Crippen LogP contribution in [0.1, 0.15) is 220 Å². The number of quaternary nitrogens is 1. The summed E-state index contributed by atoms with van der Waals surface area (Å²) in [6.07, 6.45) is 73.1. The van der Waals surface area contributed by atoms with Gasteiger partial charge in [0.2, 0.25) is 5.91 Å². The Hall–Kier alpha value is -3.59. The van der Waals surface area contributed by atoms with E-state index >= 15 is 0 Å². The largest absolute Gasteiger partial charge is 0.756 e. The van der Waals surface area contributed by atoms with E-state index in [0.29, 0.717) is 23.9 Å². The predicted molar refractivity (Wildman–Crippen MR) is 316 cm³/mol. The highest BCUT2D eigenvalue weighted by Crippen LogP contribution is 2.38. The van der Waals surface area contributed by atoms with E-state index in [2.05, 4.69) is 135 Å². The number of phosphoric ester groups is 1. The van der Waals surface area contributed by atoms with Crippen molar-refractivity contribution in [2.45, 2.75) is 232 Å². The third kappa shape index (κ3) is 53.2. The quantitative estimate of drug-likeness (QED) is 0.0212. The summed E-state index contributed by atoms with van der Waals surface area (Å²) in [5.41, 5.74) is 0. The van der Waals surface area contributed by atoms with Gasteiger partial charge in [-0.15, -0.1) is 0 Å². The number of esters is 1. The van der Waals surface area contributed by atoms with E-state index in [-0.39, 0.29) is 31.3 Å². The molecule has 74 heavy (non-hydrogen) atoms. The Kier molecular flexibility index (Phi) is 50.3. The number of rotatable bonds is 51. The van der Waals surface area contributed by atoms with E-state index in [0.717, 1.165) is 128 Å². The van der Waals surface area contributed by atoms with Crippen molar-refractivity contribution in [3.8, 4) is 0 Å². The van der Waals surface area contributed by atoms with Crippen molar-refractivity contribution in [1.82, 2.24) is 5.32 Å². The first kappa shape index (κ1) is 70.4. The van der Waals surface area contributed by atoms with Crippen molar-refractivity contribution in [2.75, 3.05) is 40.9 Å². The summed E-state index contributed by atoms with van der Waals surface area (Å²) in [5.74, 6) is -0.608. The first-order chi connectivity index (χ1) is 35.9. The average molecular weight is 1050 g/mol. The van der Waals surface area contributed by atoms with Crippen LogP contribution in [0.2, 0.25) is 0 Å². The van der Waals surface area contributed by atoms with Crippen LogP contribution in [0.5, 0.6) is 0 Å². The van der Waals surface area contributed by atoms with Crippen molar-refractivity contribution < 1.29 is 37.3 Å². The maximum atomic E-state index is 13.5. The van der Waals surface area contributed by atoms with Crippen LogP contribution in [0.3, 0.4) is 0 Å². The molecule has 3 unspecified atom stereocenters. The summed E-state index contributed by atoms with van der Waals surface area (Å²) in [6, 6.07) is -0.918. The smallest absolute Gasteiger partial charge is 0.306 e. The Morgan fingerprint density at radius 3 is 1.30 bits per heavy atom. The summed E-state index contributed by atoms with van der Waals surface area (Å²) in [7, 11) is 1.13. The summed E-state index contributed by atoms with van der Waals surface area (Å²) in [6.45, 7) is 6.54. The molecule has 0 aliphatic rings. The normalized spacial score (nSPS) is 14.6. The molecular weight excluding hydrogens is 940 g/mol. The van der Waals surface area contributed by atoms with E-state index in [1.165, 1.54) is 44.9 Å². The van der Waals surface area contributed by atoms with Crippen molar-refractivity contribution >= 4 is 19.7 Å². The third-order valence-corrected chi connectivity index (χ3v) is 13.1. The first-order valence-electron chi connectivity index (χ1n) is 29.3. The molecule has 9 nitrogen and oxygen atoms in total. The molecule has 0 fully saturated rings. The van der Waals surface area contributed by atoms with E-state index in [1.807, 2.05) is 33.3 Å². The summed E-state index contributed by atoms with van der Waals surface area (Å²) >= 11 is 0. The lowest BCUT2D eigenvalue weighted by molar-refractivity contribution is -0.870. The van der Waals surface area contributed by atoms with E-state index in [9.17, 15) is 19.0 Å². The van der Waals surface area contributed by atoms with Gasteiger partial charge in [0.05, 0.1) is 33.8 Å². The Labute approximate surface area is 454 Å². The monoisotopic (exact) mass is 1050 g/mol. The molecule has 0 spiro atoms. The molecule has 0 aliphatic heterocycles. The number of amides is 1. The van der Waals surface area contributed by atoms with E-state index in [4.69, 9.17) is 13.8 Å². The molecule has 1 N–H and O–H groups in total. The van der Waals surface area contributed by atoms with E-state index in [1.54, 1.807) is 0 Å². The molecule has 0 aromatic rings. The molecule has 0 bridgehead atoms. The van der Waals surface area contributed by atoms with Crippen LogP contribution >= 0.6 is 7.82 Å². The number of phosphoric acid groups is 1. The number of carbonyl (C=O) groups excluding carboxylic acids is 2. The second-order valence-corrected chi connectivity index (χ2v) is 21.8. The average Bonchev–Trinajstić information content (AvgIpc) is 3.36. The second-order valence-electron chi connectivity index (χ2n) is 20.4. The highest BCUT2D eigenvalue weighted by molar-refractivity contribution is 7.45. The predicted octanol–water partition coefficient (Wildman–Crippen LogP) is 17.3. The highest BCUT2D eigenvalue weighted by atomic mass is 31.2. The van der Waals surface area contributed by atoms with Gasteiger partial charge in [-0.2, -0.15) is 0 Å². The zero-order valence-corrected chi connectivity index (χ0v) is 48.9. The molecule has 0 aromatic heterocycles. The number of allylic oxidation sites excluding steroid dienone is 19. The summed E-state index contributed by atoms with van der Waals surface area (Å²) in [5, 5.41) is 2.99. The Bertz CT molecular complexity index is 1680. The number of unbranched alkanes of at least 4 members (excludes halogenated alkanes) is 17. The van der Waals surface area contributed by atoms with E-state index < -0.39 is 26.6 Å². The van der Waals surface area contributed by atoms with Gasteiger partial charge in [-0.05, 0) is 115 Å². The molecule has 0 aliphatic carbocycles. The fourth-order valence-electron chi connectivity index (χ4n) is 7.65. The molecule has 0 rings (SSSR count). The van der Waals surface area contributed by atoms with Gasteiger partial charge in [0, 0.05) is 12.8 Å². The van der Waals surface area contributed by atoms with Crippen molar-refractivity contribution in [3.63, 3.8) is 0 Å². The van der Waals surface area contributed by atoms with Gasteiger partial charge in [-0.3, -0.25) is 14.2 Å². The lowest BCUT2D eigenvalue weighted by Crippen LogP contribution is -2.47. The SMILES string of the molecule is CC/C=C\C/C=C\C/C=C\C/C=C\C/C=C\C/C=C\CCCCCCC(=O)OC(/C=C\CCCCCCCCCCC)C(COP(=O)([O-])OCC[N+](C)(C)C)NC(=O)CCCCCC/C=C/C/C=C/C/C=C/CC. The number of hydrogen-bond acceptors (Lipinski definition) is 7. The van der Waals surface area contributed by atoms with Gasteiger partial charge < -0.3 is 28.5 Å². The summed E-state index contributed by atoms with van der Waals surface area (Å²) < 4.78 is 30.2. The highest BCUT2D eigenvalue weighted by Gasteiger charge is 2.27. The lowest BCUT2D eigenvalue weighted by atomic mass is 10.1. The zero-order chi connectivity index (χ0) is 54.3. The molecule has 0 aromatic carbocycles. The molecular formula is C64H109N2O7P. The molecule has 0 saturated carbocycles. The third-order valence-electron chi connectivity index (χ3n) is 12.1. The summed E-state index contributed by atoms with van der Waals surface area (Å²) in [4.78, 5) is 39.9. The van der Waals surface area contributed by atoms with Crippen molar-refractivity contribution in [1.29, 1.82) is 0 Å². The number of carbonyl (C=O) groups is 2. The van der Waals surface area contributed by atoms with Gasteiger partial charge in [0.15, 0.2) is 0 Å². The number of nitrogens with one attached hydrogen (secondary N) is 1. The van der Waals surface area contributed by atoms with Gasteiger partial charge in [0.1, 0.15) is 19.3 Å². The van der Waals surface area contributed by atoms with Crippen LogP contribution in [0, 0.1) is 0 Å². The zero-order valence-electron chi connectivity index (χ0n) is 48.0. The number of nitrogens with zero attached hydrogens (tertiary/aromatic N) is 1. The number of ether oxygens (including phenoxy) is 1. The van der Waals surface area contributed by atoms with Gasteiger partial charge >= 0.3 is 5.97 Å². The Morgan fingerprint density at radius 1 is 0.486 bits per heavy atom. The molecule has 422 valence electrons. The first-order valence-corrected chi connectivity index (χ1v) is 30.8. The van der Waals surface area contributed by atoms with Crippen molar-refractivity contribution in [2.24, 2.45) is 0 Å². The van der Waals surface area contributed by atoms with Crippen molar-refractivity contribution in [3.05, 3.63) is 122 Å². The maximum absolute atomic E-state index is 13.5. The number of likely N-dealkylation sites (N-methyl/N-ethyl adjacent to an activating group) is 1. The van der Waals surface area contributed by atoms with Crippen LogP contribution in [0.25, 0.3) is 0 Å². The minimum absolute atomic E-state index is 0.0382. The maximum Gasteiger partial charge on any atom is 0.306 e. The molecule has 0 saturated heterocycles. The minimum atomic E-state index is -4.71. The molecule has 1 amide bonds. The fraction of sp³-hybridized carbons (Fsp3) is 0.656. The number of hydrogen-bond donors (Lipinski definition) is 1. The fourth-order valence-corrected chi connectivity index (χ4v) is 8.38. The Morgan fingerprint density at radius 2 is 0.865 bits per heavy atom. The minimum Gasteiger partial charge on any atom is -0.756 e. The topological polar surface area (TPSA) is 114 Å². The molecule has 3 atom stereocenters. The Balaban J connectivity index is 5.33. The second kappa shape index (κ2) is 52.8.